The summed E-state index contributed by atoms with van der Waals surface area (Å²) in [5.74, 6) is 1.33. The van der Waals surface area contributed by atoms with Crippen molar-refractivity contribution >= 4 is 0 Å². The van der Waals surface area contributed by atoms with E-state index in [-0.39, 0.29) is 6.10 Å². The van der Waals surface area contributed by atoms with Crippen LogP contribution in [0, 0.1) is 5.92 Å². The average Bonchev–Trinajstić information content (AvgIpc) is 2.14. The van der Waals surface area contributed by atoms with Gasteiger partial charge in [-0.15, -0.1) is 0 Å². The lowest BCUT2D eigenvalue weighted by atomic mass is 9.77. The fourth-order valence-electron chi connectivity index (χ4n) is 2.26. The van der Waals surface area contributed by atoms with E-state index in [2.05, 4.69) is 38.1 Å². The van der Waals surface area contributed by atoms with Crippen molar-refractivity contribution in [2.24, 2.45) is 5.92 Å². The first-order valence-corrected chi connectivity index (χ1v) is 5.92. The minimum atomic E-state index is -0.0506. The summed E-state index contributed by atoms with van der Waals surface area (Å²) in [6.45, 7) is 4.49. The second-order valence-corrected chi connectivity index (χ2v) is 5.16. The molecule has 0 amide bonds. The van der Waals surface area contributed by atoms with Gasteiger partial charge in [-0.2, -0.15) is 0 Å². The normalized spacial score (nSPS) is 25.3. The molecule has 1 aromatic carbocycles. The van der Waals surface area contributed by atoms with Crippen LogP contribution in [-0.2, 0) is 6.42 Å². The molecule has 1 aliphatic carbocycles. The van der Waals surface area contributed by atoms with Gasteiger partial charge >= 0.3 is 0 Å². The molecule has 1 aromatic rings. The summed E-state index contributed by atoms with van der Waals surface area (Å²) in [4.78, 5) is 0. The quantitative estimate of drug-likeness (QED) is 0.802. The SMILES string of the molecule is CC(C)Cc1ccc(C2CC(O)C2)cc1. The van der Waals surface area contributed by atoms with Crippen LogP contribution in [-0.4, -0.2) is 11.2 Å². The zero-order chi connectivity index (χ0) is 10.8. The fourth-order valence-corrected chi connectivity index (χ4v) is 2.26. The van der Waals surface area contributed by atoms with Crippen LogP contribution in [0.15, 0.2) is 24.3 Å². The van der Waals surface area contributed by atoms with Crippen molar-refractivity contribution in [1.29, 1.82) is 0 Å². The Labute approximate surface area is 92.1 Å². The van der Waals surface area contributed by atoms with Crippen molar-refractivity contribution in [3.63, 3.8) is 0 Å². The standard InChI is InChI=1S/C14H20O/c1-10(2)7-11-3-5-12(6-4-11)13-8-14(15)9-13/h3-6,10,13-15H,7-9H2,1-2H3. The Morgan fingerprint density at radius 3 is 2.27 bits per heavy atom. The Morgan fingerprint density at radius 2 is 1.80 bits per heavy atom. The van der Waals surface area contributed by atoms with Crippen molar-refractivity contribution in [3.8, 4) is 0 Å². The van der Waals surface area contributed by atoms with E-state index in [0.29, 0.717) is 5.92 Å². The van der Waals surface area contributed by atoms with Crippen molar-refractivity contribution < 1.29 is 5.11 Å². The van der Waals surface area contributed by atoms with Gasteiger partial charge in [0.05, 0.1) is 6.10 Å². The number of aliphatic hydroxyl groups excluding tert-OH is 1. The summed E-state index contributed by atoms with van der Waals surface area (Å²) < 4.78 is 0. The lowest BCUT2D eigenvalue weighted by Gasteiger charge is -2.31. The lowest BCUT2D eigenvalue weighted by Crippen LogP contribution is -2.26. The number of hydrogen-bond donors (Lipinski definition) is 1. The van der Waals surface area contributed by atoms with E-state index in [1.54, 1.807) is 0 Å². The Bertz CT molecular complexity index is 307. The summed E-state index contributed by atoms with van der Waals surface area (Å²) >= 11 is 0. The van der Waals surface area contributed by atoms with Crippen molar-refractivity contribution in [3.05, 3.63) is 35.4 Å². The second-order valence-electron chi connectivity index (χ2n) is 5.16. The molecule has 0 heterocycles. The molecule has 1 fully saturated rings. The van der Waals surface area contributed by atoms with Gasteiger partial charge < -0.3 is 5.11 Å². The van der Waals surface area contributed by atoms with E-state index >= 15 is 0 Å². The molecule has 1 N–H and O–H groups in total. The van der Waals surface area contributed by atoms with E-state index < -0.39 is 0 Å². The predicted octanol–water partition coefficient (Wildman–Crippen LogP) is 3.12. The van der Waals surface area contributed by atoms with Gasteiger partial charge in [0.25, 0.3) is 0 Å². The minimum absolute atomic E-state index is 0.0506. The number of aliphatic hydroxyl groups is 1. The highest BCUT2D eigenvalue weighted by Crippen LogP contribution is 2.36. The average molecular weight is 204 g/mol. The zero-order valence-corrected chi connectivity index (χ0v) is 9.61. The van der Waals surface area contributed by atoms with Crippen molar-refractivity contribution in [1.82, 2.24) is 0 Å². The van der Waals surface area contributed by atoms with E-state index in [1.165, 1.54) is 11.1 Å². The smallest absolute Gasteiger partial charge is 0.0552 e. The van der Waals surface area contributed by atoms with Gasteiger partial charge in [-0.1, -0.05) is 38.1 Å². The molecule has 1 nitrogen and oxygen atoms in total. The van der Waals surface area contributed by atoms with Gasteiger partial charge in [0.15, 0.2) is 0 Å². The molecule has 82 valence electrons. The number of benzene rings is 1. The van der Waals surface area contributed by atoms with E-state index in [9.17, 15) is 5.11 Å². The van der Waals surface area contributed by atoms with Crippen LogP contribution in [0.4, 0.5) is 0 Å². The molecule has 1 heteroatoms. The van der Waals surface area contributed by atoms with Crippen LogP contribution in [0.25, 0.3) is 0 Å². The molecule has 0 spiro atoms. The molecule has 0 atom stereocenters. The monoisotopic (exact) mass is 204 g/mol. The Hall–Kier alpha value is -0.820. The summed E-state index contributed by atoms with van der Waals surface area (Å²) in [7, 11) is 0. The molecule has 1 aliphatic rings. The third kappa shape index (κ3) is 2.60. The summed E-state index contributed by atoms with van der Waals surface area (Å²) in [5.41, 5.74) is 2.82. The Balaban J connectivity index is 1.98. The largest absolute Gasteiger partial charge is 0.393 e. The summed E-state index contributed by atoms with van der Waals surface area (Å²) in [5, 5.41) is 9.25. The third-order valence-corrected chi connectivity index (χ3v) is 3.21. The van der Waals surface area contributed by atoms with Crippen LogP contribution in [0.2, 0.25) is 0 Å². The second kappa shape index (κ2) is 4.36. The molecule has 0 aliphatic heterocycles. The maximum absolute atomic E-state index is 9.25. The van der Waals surface area contributed by atoms with E-state index in [4.69, 9.17) is 0 Å². The highest BCUT2D eigenvalue weighted by atomic mass is 16.3. The number of rotatable bonds is 3. The number of hydrogen-bond acceptors (Lipinski definition) is 1. The van der Waals surface area contributed by atoms with Gasteiger partial charge in [0, 0.05) is 0 Å². The van der Waals surface area contributed by atoms with Crippen molar-refractivity contribution in [2.75, 3.05) is 0 Å². The maximum Gasteiger partial charge on any atom is 0.0552 e. The molecule has 2 rings (SSSR count). The lowest BCUT2D eigenvalue weighted by molar-refractivity contribution is 0.0746. The highest BCUT2D eigenvalue weighted by molar-refractivity contribution is 5.27. The topological polar surface area (TPSA) is 20.2 Å². The van der Waals surface area contributed by atoms with Crippen molar-refractivity contribution in [2.45, 2.75) is 45.1 Å². The zero-order valence-electron chi connectivity index (χ0n) is 9.61. The minimum Gasteiger partial charge on any atom is -0.393 e. The van der Waals surface area contributed by atoms with Gasteiger partial charge in [-0.3, -0.25) is 0 Å². The predicted molar refractivity (Wildman–Crippen MR) is 63.0 cm³/mol. The van der Waals surface area contributed by atoms with Crippen LogP contribution in [0.1, 0.15) is 43.7 Å². The van der Waals surface area contributed by atoms with Crippen LogP contribution in [0.3, 0.4) is 0 Å². The fraction of sp³-hybridized carbons (Fsp3) is 0.571. The maximum atomic E-state index is 9.25. The molecular formula is C14H20O. The van der Waals surface area contributed by atoms with Gasteiger partial charge in [-0.05, 0) is 42.2 Å². The summed E-state index contributed by atoms with van der Waals surface area (Å²) in [6.07, 6.45) is 3.01. The molecule has 0 radical (unpaired) electrons. The summed E-state index contributed by atoms with van der Waals surface area (Å²) in [6, 6.07) is 8.93. The molecule has 0 bridgehead atoms. The van der Waals surface area contributed by atoms with Crippen LogP contribution < -0.4 is 0 Å². The highest BCUT2D eigenvalue weighted by Gasteiger charge is 2.28. The molecule has 1 saturated carbocycles. The van der Waals surface area contributed by atoms with E-state index in [1.807, 2.05) is 0 Å². The molecule has 15 heavy (non-hydrogen) atoms. The Morgan fingerprint density at radius 1 is 1.20 bits per heavy atom. The van der Waals surface area contributed by atoms with Gasteiger partial charge in [0.1, 0.15) is 0 Å². The molecule has 0 saturated heterocycles. The molecule has 0 aromatic heterocycles. The van der Waals surface area contributed by atoms with E-state index in [0.717, 1.165) is 25.2 Å². The molecular weight excluding hydrogens is 184 g/mol. The molecule has 0 unspecified atom stereocenters. The first kappa shape index (κ1) is 10.7. The van der Waals surface area contributed by atoms with Crippen LogP contribution >= 0.6 is 0 Å². The van der Waals surface area contributed by atoms with Crippen LogP contribution in [0.5, 0.6) is 0 Å². The first-order valence-electron chi connectivity index (χ1n) is 5.92. The van der Waals surface area contributed by atoms with Gasteiger partial charge in [-0.25, -0.2) is 0 Å². The van der Waals surface area contributed by atoms with Gasteiger partial charge in [0.2, 0.25) is 0 Å². The first-order chi connectivity index (χ1) is 7.15. The third-order valence-electron chi connectivity index (χ3n) is 3.21. The Kier molecular flexibility index (Phi) is 3.11.